The zero-order valence-electron chi connectivity index (χ0n) is 15.1. The molecule has 3 N–H and O–H groups in total. The number of rotatable bonds is 2. The lowest BCUT2D eigenvalue weighted by Gasteiger charge is -2.37. The predicted octanol–water partition coefficient (Wildman–Crippen LogP) is 2.62. The van der Waals surface area contributed by atoms with Crippen molar-refractivity contribution in [1.29, 1.82) is 0 Å². The third kappa shape index (κ3) is 6.49. The summed E-state index contributed by atoms with van der Waals surface area (Å²) in [5, 5.41) is 15.8. The Labute approximate surface area is 135 Å². The maximum absolute atomic E-state index is 11.1. The fourth-order valence-electron chi connectivity index (χ4n) is 3.61. The van der Waals surface area contributed by atoms with E-state index in [9.17, 15) is 9.90 Å². The van der Waals surface area contributed by atoms with Gasteiger partial charge in [-0.05, 0) is 43.6 Å². The van der Waals surface area contributed by atoms with Gasteiger partial charge in [0.05, 0.1) is 6.10 Å². The Morgan fingerprint density at radius 1 is 1.09 bits per heavy atom. The number of aliphatic hydroxyl groups is 1. The van der Waals surface area contributed by atoms with Crippen LogP contribution in [0, 0.1) is 10.8 Å². The zero-order valence-corrected chi connectivity index (χ0v) is 15.1. The third-order valence-electron chi connectivity index (χ3n) is 4.53. The van der Waals surface area contributed by atoms with Gasteiger partial charge in [0.2, 0.25) is 0 Å². The minimum absolute atomic E-state index is 0.101. The van der Waals surface area contributed by atoms with Crippen molar-refractivity contribution in [2.45, 2.75) is 71.9 Å². The van der Waals surface area contributed by atoms with Crippen molar-refractivity contribution < 1.29 is 9.90 Å². The van der Waals surface area contributed by atoms with E-state index in [4.69, 9.17) is 0 Å². The fraction of sp³-hybridized carbons (Fsp3) is 0.833. The van der Waals surface area contributed by atoms with E-state index in [0.29, 0.717) is 17.9 Å². The van der Waals surface area contributed by atoms with E-state index in [1.54, 1.807) is 6.08 Å². The van der Waals surface area contributed by atoms with Gasteiger partial charge >= 0.3 is 0 Å². The van der Waals surface area contributed by atoms with E-state index >= 15 is 0 Å². The molecule has 2 aliphatic rings. The molecule has 0 aromatic carbocycles. The number of hydrogen-bond acceptors (Lipinski definition) is 4. The average molecular weight is 310 g/mol. The number of allylic oxidation sites excluding steroid dienone is 2. The summed E-state index contributed by atoms with van der Waals surface area (Å²) >= 11 is 0. The molecule has 0 aliphatic heterocycles. The van der Waals surface area contributed by atoms with Crippen LogP contribution in [0.15, 0.2) is 11.8 Å². The Kier molecular flexibility index (Phi) is 6.63. The van der Waals surface area contributed by atoms with Crippen LogP contribution < -0.4 is 10.6 Å². The van der Waals surface area contributed by atoms with Crippen molar-refractivity contribution in [3.8, 4) is 0 Å². The first-order valence-corrected chi connectivity index (χ1v) is 8.33. The highest BCUT2D eigenvalue weighted by Gasteiger charge is 2.32. The van der Waals surface area contributed by atoms with E-state index < -0.39 is 0 Å². The molecule has 4 heteroatoms. The largest absolute Gasteiger partial charge is 0.393 e. The van der Waals surface area contributed by atoms with Crippen LogP contribution in [0.3, 0.4) is 0 Å². The first-order chi connectivity index (χ1) is 10.1. The quantitative estimate of drug-likeness (QED) is 0.734. The van der Waals surface area contributed by atoms with Gasteiger partial charge in [-0.15, -0.1) is 0 Å². The summed E-state index contributed by atoms with van der Waals surface area (Å²) in [5.41, 5.74) is 1.52. The standard InChI is InChI=1S/C9H19NO.C9H15NO/c2*1-9(2)5-7(10-3)4-8(11)6-9/h7-8,10-11H,4-6H2,1-3H3;4,10H,5-6H2,1-3H3. The van der Waals surface area contributed by atoms with Gasteiger partial charge in [-0.2, -0.15) is 0 Å². The topological polar surface area (TPSA) is 61.4 Å². The van der Waals surface area contributed by atoms with Crippen molar-refractivity contribution in [3.05, 3.63) is 11.8 Å². The third-order valence-corrected chi connectivity index (χ3v) is 4.53. The molecule has 0 radical (unpaired) electrons. The van der Waals surface area contributed by atoms with Crippen molar-refractivity contribution in [1.82, 2.24) is 10.6 Å². The monoisotopic (exact) mass is 310 g/mol. The molecule has 128 valence electrons. The Bertz CT molecular complexity index is 413. The summed E-state index contributed by atoms with van der Waals surface area (Å²) in [6, 6.07) is 0.508. The molecule has 0 spiro atoms. The summed E-state index contributed by atoms with van der Waals surface area (Å²) in [7, 11) is 3.83. The molecular formula is C18H34N2O2. The Balaban J connectivity index is 0.000000220. The van der Waals surface area contributed by atoms with Crippen molar-refractivity contribution in [3.63, 3.8) is 0 Å². The van der Waals surface area contributed by atoms with Gasteiger partial charge in [0.15, 0.2) is 5.78 Å². The fourth-order valence-corrected chi connectivity index (χ4v) is 3.61. The predicted molar refractivity (Wildman–Crippen MR) is 91.7 cm³/mol. The lowest BCUT2D eigenvalue weighted by atomic mass is 9.74. The van der Waals surface area contributed by atoms with E-state index in [1.165, 1.54) is 6.42 Å². The maximum Gasteiger partial charge on any atom is 0.157 e. The molecule has 1 saturated carbocycles. The molecule has 2 aliphatic carbocycles. The average Bonchev–Trinajstić information content (AvgIpc) is 2.34. The minimum Gasteiger partial charge on any atom is -0.393 e. The molecule has 0 saturated heterocycles. The minimum atomic E-state index is -0.101. The summed E-state index contributed by atoms with van der Waals surface area (Å²) in [6.45, 7) is 8.68. The molecule has 2 atom stereocenters. The summed E-state index contributed by atoms with van der Waals surface area (Å²) in [5.74, 6) is 0.241. The number of hydrogen-bond donors (Lipinski definition) is 3. The van der Waals surface area contributed by atoms with Gasteiger partial charge in [-0.25, -0.2) is 0 Å². The second-order valence-corrected chi connectivity index (χ2v) is 8.35. The number of ketones is 1. The first kappa shape index (κ1) is 19.2. The molecule has 1 fully saturated rings. The van der Waals surface area contributed by atoms with Crippen LogP contribution in [-0.4, -0.2) is 37.1 Å². The molecule has 2 rings (SSSR count). The molecule has 0 aromatic heterocycles. The van der Waals surface area contributed by atoms with Gasteiger partial charge in [-0.3, -0.25) is 4.79 Å². The highest BCUT2D eigenvalue weighted by Crippen LogP contribution is 2.35. The van der Waals surface area contributed by atoms with Crippen molar-refractivity contribution in [2.75, 3.05) is 14.1 Å². The first-order valence-electron chi connectivity index (χ1n) is 8.33. The second-order valence-electron chi connectivity index (χ2n) is 8.35. The molecular weight excluding hydrogens is 276 g/mol. The van der Waals surface area contributed by atoms with Crippen molar-refractivity contribution in [2.24, 2.45) is 10.8 Å². The summed E-state index contributed by atoms with van der Waals surface area (Å²) in [6.07, 6.45) is 6.32. The molecule has 0 bridgehead atoms. The SMILES string of the molecule is CNC1=CC(=O)CC(C)(C)C1.CNC1CC(O)CC(C)(C)C1. The van der Waals surface area contributed by atoms with Crippen LogP contribution in [0.4, 0.5) is 0 Å². The molecule has 0 heterocycles. The van der Waals surface area contributed by atoms with E-state index in [1.807, 2.05) is 14.1 Å². The van der Waals surface area contributed by atoms with E-state index in [-0.39, 0.29) is 17.3 Å². The second kappa shape index (κ2) is 7.60. The number of aliphatic hydroxyl groups excluding tert-OH is 1. The van der Waals surface area contributed by atoms with Crippen LogP contribution in [0.2, 0.25) is 0 Å². The highest BCUT2D eigenvalue weighted by molar-refractivity contribution is 5.91. The Morgan fingerprint density at radius 3 is 2.18 bits per heavy atom. The van der Waals surface area contributed by atoms with Crippen LogP contribution in [0.1, 0.15) is 59.8 Å². The summed E-state index contributed by atoms with van der Waals surface area (Å²) < 4.78 is 0. The van der Waals surface area contributed by atoms with Crippen LogP contribution in [-0.2, 0) is 4.79 Å². The molecule has 0 aromatic rings. The lowest BCUT2D eigenvalue weighted by Crippen LogP contribution is -2.41. The van der Waals surface area contributed by atoms with Gasteiger partial charge in [-0.1, -0.05) is 27.7 Å². The smallest absolute Gasteiger partial charge is 0.157 e. The summed E-state index contributed by atoms with van der Waals surface area (Å²) in [4.78, 5) is 11.1. The molecule has 0 amide bonds. The van der Waals surface area contributed by atoms with Crippen molar-refractivity contribution >= 4 is 5.78 Å². The van der Waals surface area contributed by atoms with Gasteiger partial charge < -0.3 is 15.7 Å². The number of carbonyl (C=O) groups excluding carboxylic acids is 1. The zero-order chi connectivity index (χ0) is 17.0. The molecule has 22 heavy (non-hydrogen) atoms. The van der Waals surface area contributed by atoms with E-state index in [0.717, 1.165) is 25.0 Å². The lowest BCUT2D eigenvalue weighted by molar-refractivity contribution is -0.117. The maximum atomic E-state index is 11.1. The Hall–Kier alpha value is -0.870. The number of nitrogens with one attached hydrogen (secondary N) is 2. The normalized spacial score (nSPS) is 30.0. The van der Waals surface area contributed by atoms with Gasteiger partial charge in [0, 0.05) is 31.3 Å². The molecule has 4 nitrogen and oxygen atoms in total. The molecule has 2 unspecified atom stereocenters. The Morgan fingerprint density at radius 2 is 1.73 bits per heavy atom. The number of carbonyl (C=O) groups is 1. The van der Waals surface area contributed by atoms with Crippen LogP contribution >= 0.6 is 0 Å². The highest BCUT2D eigenvalue weighted by atomic mass is 16.3. The van der Waals surface area contributed by atoms with Crippen LogP contribution in [0.5, 0.6) is 0 Å². The van der Waals surface area contributed by atoms with E-state index in [2.05, 4.69) is 38.3 Å². The van der Waals surface area contributed by atoms with Gasteiger partial charge in [0.1, 0.15) is 0 Å². The van der Waals surface area contributed by atoms with Gasteiger partial charge in [0.25, 0.3) is 0 Å². The van der Waals surface area contributed by atoms with Crippen LogP contribution in [0.25, 0.3) is 0 Å².